The van der Waals surface area contributed by atoms with Crippen LogP contribution in [0.25, 0.3) is 0 Å². The minimum atomic E-state index is -0.0548. The van der Waals surface area contributed by atoms with Crippen molar-refractivity contribution in [3.63, 3.8) is 0 Å². The molecule has 208 valence electrons. The summed E-state index contributed by atoms with van der Waals surface area (Å²) in [7, 11) is 2.18. The molecule has 1 aromatic heterocycles. The maximum Gasteiger partial charge on any atom is 0.322 e. The second-order valence-corrected chi connectivity index (χ2v) is 11.0. The molecule has 1 saturated carbocycles. The van der Waals surface area contributed by atoms with Crippen LogP contribution in [0.5, 0.6) is 0 Å². The first-order valence-corrected chi connectivity index (χ1v) is 14.3. The third kappa shape index (κ3) is 7.38. The molecule has 2 heterocycles. The zero-order chi connectivity index (χ0) is 27.7. The summed E-state index contributed by atoms with van der Waals surface area (Å²) in [4.78, 5) is 24.8. The van der Waals surface area contributed by atoms with Crippen LogP contribution in [0.3, 0.4) is 0 Å². The summed E-state index contributed by atoms with van der Waals surface area (Å²) < 4.78 is 0. The van der Waals surface area contributed by atoms with Crippen molar-refractivity contribution in [2.75, 3.05) is 43.4 Å². The highest BCUT2D eigenvalue weighted by Gasteiger charge is 2.30. The summed E-state index contributed by atoms with van der Waals surface area (Å²) in [5.41, 5.74) is 3.86. The van der Waals surface area contributed by atoms with Crippen LogP contribution >= 0.6 is 0 Å². The molecule has 5 rings (SSSR count). The Morgan fingerprint density at radius 1 is 0.950 bits per heavy atom. The van der Waals surface area contributed by atoms with Gasteiger partial charge in [-0.25, -0.2) is 9.78 Å². The monoisotopic (exact) mass is 537 g/mol. The molecule has 40 heavy (non-hydrogen) atoms. The van der Waals surface area contributed by atoms with E-state index < -0.39 is 0 Å². The number of pyridine rings is 1. The van der Waals surface area contributed by atoms with Gasteiger partial charge >= 0.3 is 6.03 Å². The molecule has 1 saturated heterocycles. The smallest absolute Gasteiger partial charge is 0.322 e. The standard InChI is InChI=1S/C32H39N7O/c1-37-17-19-38(20-18-37)24-26-7-12-29(13-8-26)39(32(40)35-22-25-5-3-2-4-6-25)30-14-10-28(11-15-30)36-31-16-9-27(21-33)23-34-31/h2-9,12-13,16,23,28,30H,10-11,14-15,17-20,22,24H2,1H3,(H,34,36)(H,35,40). The third-order valence-electron chi connectivity index (χ3n) is 8.03. The Morgan fingerprint density at radius 2 is 1.68 bits per heavy atom. The Bertz CT molecular complexity index is 1260. The van der Waals surface area contributed by atoms with Crippen molar-refractivity contribution >= 4 is 17.5 Å². The van der Waals surface area contributed by atoms with Gasteiger partial charge in [-0.3, -0.25) is 9.80 Å². The molecule has 2 fully saturated rings. The fourth-order valence-electron chi connectivity index (χ4n) is 5.61. The van der Waals surface area contributed by atoms with Gasteiger partial charge < -0.3 is 15.5 Å². The summed E-state index contributed by atoms with van der Waals surface area (Å²) in [5.74, 6) is 0.788. The van der Waals surface area contributed by atoms with Crippen molar-refractivity contribution in [3.8, 4) is 6.07 Å². The van der Waals surface area contributed by atoms with Crippen LogP contribution in [0.1, 0.15) is 42.4 Å². The number of anilines is 2. The van der Waals surface area contributed by atoms with Gasteiger partial charge in [0.15, 0.2) is 0 Å². The van der Waals surface area contributed by atoms with Crippen LogP contribution < -0.4 is 15.5 Å². The lowest BCUT2D eigenvalue weighted by atomic mass is 9.89. The SMILES string of the molecule is CN1CCN(Cc2ccc(N(C(=O)NCc3ccccc3)C3CCC(Nc4ccc(C#N)cn4)CC3)cc2)CC1. The summed E-state index contributed by atoms with van der Waals surface area (Å²) in [6.45, 7) is 5.81. The van der Waals surface area contributed by atoms with E-state index in [-0.39, 0.29) is 18.1 Å². The van der Waals surface area contributed by atoms with E-state index in [4.69, 9.17) is 5.26 Å². The maximum atomic E-state index is 13.6. The second-order valence-electron chi connectivity index (χ2n) is 11.0. The first kappa shape index (κ1) is 27.6. The number of urea groups is 1. The van der Waals surface area contributed by atoms with Gasteiger partial charge in [-0.1, -0.05) is 42.5 Å². The predicted octanol–water partition coefficient (Wildman–Crippen LogP) is 4.84. The molecule has 0 bridgehead atoms. The molecular formula is C32H39N7O. The molecule has 3 aromatic rings. The number of nitrogens with zero attached hydrogens (tertiary/aromatic N) is 5. The summed E-state index contributed by atoms with van der Waals surface area (Å²) in [5, 5.41) is 15.7. The van der Waals surface area contributed by atoms with Gasteiger partial charge in [0.2, 0.25) is 0 Å². The minimum absolute atomic E-state index is 0.0548. The van der Waals surface area contributed by atoms with Crippen molar-refractivity contribution in [1.29, 1.82) is 5.26 Å². The Labute approximate surface area is 237 Å². The van der Waals surface area contributed by atoms with Gasteiger partial charge in [0, 0.05) is 63.2 Å². The molecule has 0 radical (unpaired) electrons. The Morgan fingerprint density at radius 3 is 2.33 bits per heavy atom. The van der Waals surface area contributed by atoms with Crippen LogP contribution in [0.4, 0.5) is 16.3 Å². The van der Waals surface area contributed by atoms with E-state index in [1.165, 1.54) is 5.56 Å². The number of nitrogens with one attached hydrogen (secondary N) is 2. The molecule has 8 nitrogen and oxygen atoms in total. The number of hydrogen-bond acceptors (Lipinski definition) is 6. The molecule has 2 aliphatic rings. The summed E-state index contributed by atoms with van der Waals surface area (Å²) in [6, 6.07) is 24.7. The average Bonchev–Trinajstić information content (AvgIpc) is 3.00. The highest BCUT2D eigenvalue weighted by atomic mass is 16.2. The van der Waals surface area contributed by atoms with Crippen LogP contribution in [-0.2, 0) is 13.1 Å². The number of likely N-dealkylation sites (N-methyl/N-ethyl adjacent to an activating group) is 1. The molecule has 0 unspecified atom stereocenters. The number of rotatable bonds is 8. The summed E-state index contributed by atoms with van der Waals surface area (Å²) in [6.07, 6.45) is 5.28. The van der Waals surface area contributed by atoms with Crippen molar-refractivity contribution < 1.29 is 4.79 Å². The van der Waals surface area contributed by atoms with Gasteiger partial charge in [0.25, 0.3) is 0 Å². The van der Waals surface area contributed by atoms with Gasteiger partial charge in [0.05, 0.1) is 5.56 Å². The van der Waals surface area contributed by atoms with Crippen molar-refractivity contribution in [2.24, 2.45) is 0 Å². The molecule has 0 atom stereocenters. The van der Waals surface area contributed by atoms with E-state index in [9.17, 15) is 4.79 Å². The molecule has 8 heteroatoms. The maximum absolute atomic E-state index is 13.6. The Hall–Kier alpha value is -3.93. The zero-order valence-corrected chi connectivity index (χ0v) is 23.3. The quantitative estimate of drug-likeness (QED) is 0.428. The first-order chi connectivity index (χ1) is 19.6. The predicted molar refractivity (Wildman–Crippen MR) is 159 cm³/mol. The van der Waals surface area contributed by atoms with Crippen molar-refractivity contribution in [1.82, 2.24) is 20.1 Å². The van der Waals surface area contributed by atoms with Crippen molar-refractivity contribution in [3.05, 3.63) is 89.6 Å². The number of amides is 2. The van der Waals surface area contributed by atoms with E-state index in [0.717, 1.165) is 75.5 Å². The normalized spacial score (nSPS) is 19.9. The lowest BCUT2D eigenvalue weighted by Gasteiger charge is -2.37. The second kappa shape index (κ2) is 13.4. The molecule has 0 spiro atoms. The molecular weight excluding hydrogens is 498 g/mol. The van der Waals surface area contributed by atoms with Gasteiger partial charge in [-0.15, -0.1) is 0 Å². The first-order valence-electron chi connectivity index (χ1n) is 14.3. The summed E-state index contributed by atoms with van der Waals surface area (Å²) >= 11 is 0. The van der Waals surface area contributed by atoms with Crippen LogP contribution in [0.2, 0.25) is 0 Å². The van der Waals surface area contributed by atoms with E-state index >= 15 is 0 Å². The third-order valence-corrected chi connectivity index (χ3v) is 8.03. The number of nitriles is 1. The number of aromatic nitrogens is 1. The van der Waals surface area contributed by atoms with E-state index in [1.54, 1.807) is 12.3 Å². The highest BCUT2D eigenvalue weighted by Crippen LogP contribution is 2.30. The molecule has 1 aliphatic carbocycles. The number of carbonyl (C=O) groups is 1. The van der Waals surface area contributed by atoms with Crippen LogP contribution in [-0.4, -0.2) is 66.1 Å². The van der Waals surface area contributed by atoms with Gasteiger partial charge in [-0.2, -0.15) is 5.26 Å². The lowest BCUT2D eigenvalue weighted by Crippen LogP contribution is -2.48. The topological polar surface area (TPSA) is 87.5 Å². The molecule has 2 N–H and O–H groups in total. The molecule has 2 aromatic carbocycles. The Kier molecular flexibility index (Phi) is 9.27. The molecule has 2 amide bonds. The van der Waals surface area contributed by atoms with Crippen LogP contribution in [0, 0.1) is 11.3 Å². The average molecular weight is 538 g/mol. The fourth-order valence-corrected chi connectivity index (χ4v) is 5.61. The van der Waals surface area contributed by atoms with Gasteiger partial charge in [-0.05, 0) is 68.1 Å². The number of hydrogen-bond donors (Lipinski definition) is 2. The lowest BCUT2D eigenvalue weighted by molar-refractivity contribution is 0.148. The number of carbonyl (C=O) groups excluding carboxylic acids is 1. The fraction of sp³-hybridized carbons (Fsp3) is 0.406. The minimum Gasteiger partial charge on any atom is -0.367 e. The van der Waals surface area contributed by atoms with E-state index in [2.05, 4.69) is 62.8 Å². The molecule has 1 aliphatic heterocycles. The van der Waals surface area contributed by atoms with E-state index in [1.807, 2.05) is 41.3 Å². The van der Waals surface area contributed by atoms with E-state index in [0.29, 0.717) is 12.1 Å². The number of benzene rings is 2. The highest BCUT2D eigenvalue weighted by molar-refractivity contribution is 5.92. The zero-order valence-electron chi connectivity index (χ0n) is 23.3. The van der Waals surface area contributed by atoms with Gasteiger partial charge in [0.1, 0.15) is 11.9 Å². The van der Waals surface area contributed by atoms with Crippen molar-refractivity contribution in [2.45, 2.75) is 50.9 Å². The number of piperazine rings is 1. The largest absolute Gasteiger partial charge is 0.367 e. The Balaban J connectivity index is 1.24. The van der Waals surface area contributed by atoms with Crippen LogP contribution in [0.15, 0.2) is 72.9 Å².